The van der Waals surface area contributed by atoms with Gasteiger partial charge in [0.05, 0.1) is 6.61 Å². The summed E-state index contributed by atoms with van der Waals surface area (Å²) in [5.41, 5.74) is 1.97. The van der Waals surface area contributed by atoms with Crippen LogP contribution in [0.15, 0.2) is 48.5 Å². The van der Waals surface area contributed by atoms with Gasteiger partial charge in [-0.2, -0.15) is 4.21 Å². The van der Waals surface area contributed by atoms with Crippen LogP contribution in [0.2, 0.25) is 0 Å². The Balaban J connectivity index is 1.95. The monoisotopic (exact) mass is 444 g/mol. The molecule has 1 N–H and O–H groups in total. The summed E-state index contributed by atoms with van der Waals surface area (Å²) in [7, 11) is 0. The molecule has 0 spiro atoms. The Labute approximate surface area is 178 Å². The van der Waals surface area contributed by atoms with Gasteiger partial charge in [-0.3, -0.25) is 8.74 Å². The first kappa shape index (κ1) is 23.6. The summed E-state index contributed by atoms with van der Waals surface area (Å²) >= 11 is 3.18. The first-order valence-corrected chi connectivity index (χ1v) is 10.8. The van der Waals surface area contributed by atoms with Crippen molar-refractivity contribution in [2.45, 2.75) is 31.9 Å². The van der Waals surface area contributed by atoms with Gasteiger partial charge in [-0.1, -0.05) is 38.1 Å². The van der Waals surface area contributed by atoms with E-state index in [1.54, 1.807) is 12.1 Å². The van der Waals surface area contributed by atoms with Crippen LogP contribution in [0.4, 0.5) is 4.39 Å². The normalized spacial score (nSPS) is 13.7. The lowest BCUT2D eigenvalue weighted by molar-refractivity contribution is 0.136. The van der Waals surface area contributed by atoms with Gasteiger partial charge in [0, 0.05) is 11.3 Å². The van der Waals surface area contributed by atoms with E-state index in [0.717, 1.165) is 23.3 Å². The van der Waals surface area contributed by atoms with E-state index in [0.29, 0.717) is 18.2 Å². The topological polar surface area (TPSA) is 65.0 Å². The van der Waals surface area contributed by atoms with Gasteiger partial charge >= 0.3 is 11.4 Å². The second kappa shape index (κ2) is 11.5. The van der Waals surface area contributed by atoms with Crippen molar-refractivity contribution in [1.29, 1.82) is 0 Å². The maximum absolute atomic E-state index is 13.6. The Morgan fingerprint density at radius 1 is 1.00 bits per heavy atom. The number of alkyl halides is 2. The third-order valence-corrected chi connectivity index (χ3v) is 5.08. The average Bonchev–Trinajstić information content (AvgIpc) is 2.71. The van der Waals surface area contributed by atoms with E-state index in [2.05, 4.69) is 18.0 Å². The van der Waals surface area contributed by atoms with Crippen molar-refractivity contribution in [3.63, 3.8) is 0 Å². The predicted molar refractivity (Wildman–Crippen MR) is 113 cm³/mol. The molecule has 0 saturated heterocycles. The van der Waals surface area contributed by atoms with Crippen LogP contribution in [0, 0.1) is 0 Å². The van der Waals surface area contributed by atoms with Gasteiger partial charge in [-0.25, -0.2) is 4.39 Å². The zero-order valence-corrected chi connectivity index (χ0v) is 18.0. The Kier molecular flexibility index (Phi) is 9.36. The molecule has 0 fully saturated rings. The molecular formula is C21H26ClFO5S. The summed E-state index contributed by atoms with van der Waals surface area (Å²) in [5.74, 6) is 1.90. The number of ether oxygens (including phenoxy) is 2. The molecule has 0 aliphatic carbocycles. The van der Waals surface area contributed by atoms with Crippen LogP contribution in [0.3, 0.4) is 0 Å². The van der Waals surface area contributed by atoms with E-state index in [1.807, 2.05) is 36.4 Å². The van der Waals surface area contributed by atoms with Crippen molar-refractivity contribution in [2.75, 3.05) is 25.7 Å². The highest BCUT2D eigenvalue weighted by Gasteiger charge is 2.23. The highest BCUT2D eigenvalue weighted by atomic mass is 35.5. The molecule has 8 heteroatoms. The maximum Gasteiger partial charge on any atom is 0.301 e. The molecule has 0 aromatic heterocycles. The first-order valence-electron chi connectivity index (χ1n) is 9.23. The molecule has 29 heavy (non-hydrogen) atoms. The summed E-state index contributed by atoms with van der Waals surface area (Å²) in [6.45, 7) is 4.08. The number of hydrogen-bond acceptors (Lipinski definition) is 4. The summed E-state index contributed by atoms with van der Waals surface area (Å²) in [5, 5.41) is 0. The molecule has 2 aromatic carbocycles. The van der Waals surface area contributed by atoms with Gasteiger partial charge in [-0.15, -0.1) is 11.6 Å². The third kappa shape index (κ3) is 7.59. The quantitative estimate of drug-likeness (QED) is 0.287. The largest absolute Gasteiger partial charge is 0.494 e. The van der Waals surface area contributed by atoms with E-state index in [9.17, 15) is 8.60 Å². The second-order valence-electron chi connectivity index (χ2n) is 6.97. The molecular weight excluding hydrogens is 419 g/mol. The summed E-state index contributed by atoms with van der Waals surface area (Å²) < 4.78 is 47.7. The average molecular weight is 445 g/mol. The predicted octanol–water partition coefficient (Wildman–Crippen LogP) is 4.89. The SMILES string of the molecule is CC(C)(c1ccc(OCCCCl)cc1)c1ccc(OCC(F)COS(=O)O)cc1. The molecule has 0 saturated carbocycles. The molecule has 0 aliphatic rings. The third-order valence-electron chi connectivity index (χ3n) is 4.48. The standard InChI is InChI=1S/C21H26ClFO5S/c1-21(2,16-4-8-19(9-5-16)26-13-3-12-22)17-6-10-20(11-7-17)27-14-18(23)15-28-29(24)25/h4-11,18H,3,12-15H2,1-2H3,(H,24,25). The molecule has 2 atom stereocenters. The van der Waals surface area contributed by atoms with Crippen molar-refractivity contribution in [1.82, 2.24) is 0 Å². The fraction of sp³-hybridized carbons (Fsp3) is 0.429. The molecule has 2 rings (SSSR count). The molecule has 0 aliphatic heterocycles. The number of halogens is 2. The molecule has 0 amide bonds. The van der Waals surface area contributed by atoms with E-state index in [-0.39, 0.29) is 12.0 Å². The highest BCUT2D eigenvalue weighted by molar-refractivity contribution is 7.74. The molecule has 0 heterocycles. The molecule has 5 nitrogen and oxygen atoms in total. The van der Waals surface area contributed by atoms with Crippen LogP contribution in [0.25, 0.3) is 0 Å². The fourth-order valence-electron chi connectivity index (χ4n) is 2.71. The van der Waals surface area contributed by atoms with E-state index in [1.165, 1.54) is 0 Å². The lowest BCUT2D eigenvalue weighted by atomic mass is 9.78. The minimum absolute atomic E-state index is 0.241. The van der Waals surface area contributed by atoms with Crippen molar-refractivity contribution in [3.05, 3.63) is 59.7 Å². The Hall–Kier alpha value is -1.67. The van der Waals surface area contributed by atoms with Gasteiger partial charge in [0.25, 0.3) is 0 Å². The molecule has 160 valence electrons. The van der Waals surface area contributed by atoms with Gasteiger partial charge in [0.2, 0.25) is 0 Å². The Morgan fingerprint density at radius 2 is 1.52 bits per heavy atom. The lowest BCUT2D eigenvalue weighted by Gasteiger charge is -2.26. The summed E-state index contributed by atoms with van der Waals surface area (Å²) in [6.07, 6.45) is -0.687. The summed E-state index contributed by atoms with van der Waals surface area (Å²) in [6, 6.07) is 15.4. The van der Waals surface area contributed by atoms with Crippen LogP contribution in [0.1, 0.15) is 31.4 Å². The zero-order chi connectivity index (χ0) is 21.3. The van der Waals surface area contributed by atoms with E-state index < -0.39 is 24.1 Å². The van der Waals surface area contributed by atoms with E-state index >= 15 is 0 Å². The molecule has 0 bridgehead atoms. The van der Waals surface area contributed by atoms with Gasteiger partial charge in [0.15, 0.2) is 6.17 Å². The molecule has 2 aromatic rings. The number of rotatable bonds is 12. The van der Waals surface area contributed by atoms with Crippen molar-refractivity contribution < 1.29 is 26.8 Å². The Bertz CT molecular complexity index is 768. The van der Waals surface area contributed by atoms with E-state index in [4.69, 9.17) is 25.6 Å². The van der Waals surface area contributed by atoms with Crippen LogP contribution in [-0.4, -0.2) is 40.6 Å². The minimum atomic E-state index is -2.48. The Morgan fingerprint density at radius 3 is 2.00 bits per heavy atom. The van der Waals surface area contributed by atoms with Crippen molar-refractivity contribution in [3.8, 4) is 11.5 Å². The number of benzene rings is 2. The highest BCUT2D eigenvalue weighted by Crippen LogP contribution is 2.33. The van der Waals surface area contributed by atoms with Crippen LogP contribution >= 0.6 is 11.6 Å². The fourth-order valence-corrected chi connectivity index (χ4v) is 3.09. The van der Waals surface area contributed by atoms with Crippen LogP contribution in [-0.2, 0) is 21.0 Å². The lowest BCUT2D eigenvalue weighted by Crippen LogP contribution is -2.20. The second-order valence-corrected chi connectivity index (χ2v) is 8.02. The summed E-state index contributed by atoms with van der Waals surface area (Å²) in [4.78, 5) is 0. The molecule has 0 radical (unpaired) electrons. The van der Waals surface area contributed by atoms with Gasteiger partial charge in [0.1, 0.15) is 24.7 Å². The number of hydrogen-bond donors (Lipinski definition) is 1. The van der Waals surface area contributed by atoms with Crippen molar-refractivity contribution in [2.24, 2.45) is 0 Å². The van der Waals surface area contributed by atoms with Crippen molar-refractivity contribution >= 4 is 23.0 Å². The minimum Gasteiger partial charge on any atom is -0.494 e. The van der Waals surface area contributed by atoms with Gasteiger partial charge in [-0.05, 0) is 41.8 Å². The van der Waals surface area contributed by atoms with Gasteiger partial charge < -0.3 is 9.47 Å². The zero-order valence-electron chi connectivity index (χ0n) is 16.5. The van der Waals surface area contributed by atoms with Crippen LogP contribution in [0.5, 0.6) is 11.5 Å². The smallest absolute Gasteiger partial charge is 0.301 e. The van der Waals surface area contributed by atoms with Crippen LogP contribution < -0.4 is 9.47 Å². The first-order chi connectivity index (χ1) is 13.8. The molecule has 2 unspecified atom stereocenters. The maximum atomic E-state index is 13.6.